The Morgan fingerprint density at radius 3 is 2.10 bits per heavy atom. The molecule has 1 amide bonds. The van der Waals surface area contributed by atoms with E-state index >= 15 is 0 Å². The molecule has 0 spiro atoms. The van der Waals surface area contributed by atoms with Gasteiger partial charge in [-0.25, -0.2) is 4.79 Å². The summed E-state index contributed by atoms with van der Waals surface area (Å²) in [4.78, 5) is 22.6. The van der Waals surface area contributed by atoms with Crippen LogP contribution >= 0.6 is 0 Å². The van der Waals surface area contributed by atoms with Crippen LogP contribution in [0.3, 0.4) is 0 Å². The first-order chi connectivity index (χ1) is 9.61. The van der Waals surface area contributed by atoms with Crippen molar-refractivity contribution in [2.24, 2.45) is 0 Å². The van der Waals surface area contributed by atoms with Crippen LogP contribution in [0.2, 0.25) is 0 Å². The zero-order chi connectivity index (χ0) is 15.2. The van der Waals surface area contributed by atoms with Crippen LogP contribution in [0.1, 0.15) is 71.6 Å². The third kappa shape index (κ3) is 10.8. The normalized spacial score (nSPS) is 11.9. The fourth-order valence-corrected chi connectivity index (χ4v) is 1.92. The molecular weight excluding hydrogens is 258 g/mol. The van der Waals surface area contributed by atoms with E-state index in [2.05, 4.69) is 17.0 Å². The summed E-state index contributed by atoms with van der Waals surface area (Å²) in [7, 11) is 0. The van der Waals surface area contributed by atoms with Crippen LogP contribution in [-0.2, 0) is 14.3 Å². The Morgan fingerprint density at radius 1 is 1.00 bits per heavy atom. The van der Waals surface area contributed by atoms with E-state index in [1.807, 2.05) is 0 Å². The molecule has 1 atom stereocenters. The van der Waals surface area contributed by atoms with Gasteiger partial charge in [-0.2, -0.15) is 0 Å². The zero-order valence-electron chi connectivity index (χ0n) is 12.8. The van der Waals surface area contributed by atoms with Gasteiger partial charge in [-0.3, -0.25) is 4.79 Å². The van der Waals surface area contributed by atoms with Crippen LogP contribution in [0.4, 0.5) is 0 Å². The molecule has 0 unspecified atom stereocenters. The number of unbranched alkanes of at least 4 members (excludes halogenated alkanes) is 7. The van der Waals surface area contributed by atoms with Crippen molar-refractivity contribution in [3.63, 3.8) is 0 Å². The number of hydrogen-bond acceptors (Lipinski definition) is 4. The molecular formula is C15H29NO4. The Labute approximate surface area is 122 Å². The van der Waals surface area contributed by atoms with Gasteiger partial charge in [0.25, 0.3) is 0 Å². The highest BCUT2D eigenvalue weighted by Crippen LogP contribution is 2.09. The minimum Gasteiger partial charge on any atom is -0.463 e. The highest BCUT2D eigenvalue weighted by molar-refractivity contribution is 5.83. The second-order valence-electron chi connectivity index (χ2n) is 4.95. The van der Waals surface area contributed by atoms with Crippen molar-refractivity contribution in [2.45, 2.75) is 77.9 Å². The summed E-state index contributed by atoms with van der Waals surface area (Å²) in [6, 6.07) is 0. The topological polar surface area (TPSA) is 75.6 Å². The first-order valence-electron chi connectivity index (χ1n) is 7.75. The van der Waals surface area contributed by atoms with Crippen molar-refractivity contribution in [1.29, 1.82) is 0 Å². The van der Waals surface area contributed by atoms with Crippen molar-refractivity contribution in [3.05, 3.63) is 0 Å². The molecule has 0 aliphatic carbocycles. The van der Waals surface area contributed by atoms with Gasteiger partial charge in [0.05, 0.1) is 6.61 Å². The third-order valence-corrected chi connectivity index (χ3v) is 3.06. The number of carbonyl (C=O) groups excluding carboxylic acids is 2. The number of carbonyl (C=O) groups is 2. The van der Waals surface area contributed by atoms with Crippen LogP contribution in [0.25, 0.3) is 0 Å². The smallest absolute Gasteiger partial charge is 0.356 e. The summed E-state index contributed by atoms with van der Waals surface area (Å²) in [6.45, 7) is 4.03. The summed E-state index contributed by atoms with van der Waals surface area (Å²) < 4.78 is 4.59. The summed E-state index contributed by atoms with van der Waals surface area (Å²) in [5.74, 6) is -1.12. The van der Waals surface area contributed by atoms with Crippen LogP contribution in [0, 0.1) is 0 Å². The summed E-state index contributed by atoms with van der Waals surface area (Å²) in [5.41, 5.74) is 0. The van der Waals surface area contributed by atoms with Gasteiger partial charge >= 0.3 is 5.97 Å². The summed E-state index contributed by atoms with van der Waals surface area (Å²) >= 11 is 0. The van der Waals surface area contributed by atoms with Gasteiger partial charge in [0.1, 0.15) is 0 Å². The Bertz CT molecular complexity index is 269. The summed E-state index contributed by atoms with van der Waals surface area (Å²) in [6.07, 6.45) is 8.05. The van der Waals surface area contributed by atoms with E-state index in [1.165, 1.54) is 32.1 Å². The maximum atomic E-state index is 11.5. The van der Waals surface area contributed by atoms with E-state index in [4.69, 9.17) is 0 Å². The number of esters is 1. The van der Waals surface area contributed by atoms with Crippen molar-refractivity contribution >= 4 is 11.9 Å². The van der Waals surface area contributed by atoms with E-state index in [-0.39, 0.29) is 12.5 Å². The first-order valence-corrected chi connectivity index (χ1v) is 7.75. The summed E-state index contributed by atoms with van der Waals surface area (Å²) in [5, 5.41) is 11.6. The van der Waals surface area contributed by atoms with Gasteiger partial charge in [-0.05, 0) is 13.3 Å². The molecule has 0 rings (SSSR count). The van der Waals surface area contributed by atoms with Crippen molar-refractivity contribution in [1.82, 2.24) is 5.32 Å². The standard InChI is InChI=1S/C15H29NO4/c1-3-5-6-7-8-9-10-11-12-13(17)16-14(18)15(19)20-4-2/h14,18H,3-12H2,1-2H3,(H,16,17)/t14-/m0/s1. The van der Waals surface area contributed by atoms with Gasteiger partial charge in [0, 0.05) is 6.42 Å². The lowest BCUT2D eigenvalue weighted by atomic mass is 10.1. The second-order valence-corrected chi connectivity index (χ2v) is 4.95. The monoisotopic (exact) mass is 287 g/mol. The predicted octanol–water partition coefficient (Wildman–Crippen LogP) is 2.51. The molecule has 5 nitrogen and oxygen atoms in total. The maximum absolute atomic E-state index is 11.5. The van der Waals surface area contributed by atoms with Gasteiger partial charge in [-0.15, -0.1) is 0 Å². The Hall–Kier alpha value is -1.10. The number of hydrogen-bond donors (Lipinski definition) is 2. The Balaban J connectivity index is 3.47. The molecule has 0 aromatic carbocycles. The predicted molar refractivity (Wildman–Crippen MR) is 78.0 cm³/mol. The van der Waals surface area contributed by atoms with Crippen LogP contribution in [-0.4, -0.2) is 29.8 Å². The SMILES string of the molecule is CCCCCCCCCCC(=O)N[C@@H](O)C(=O)OCC. The van der Waals surface area contributed by atoms with Gasteiger partial charge in [0.15, 0.2) is 0 Å². The van der Waals surface area contributed by atoms with Gasteiger partial charge < -0.3 is 15.2 Å². The van der Waals surface area contributed by atoms with Crippen LogP contribution < -0.4 is 5.32 Å². The molecule has 0 bridgehead atoms. The van der Waals surface area contributed by atoms with E-state index in [9.17, 15) is 14.7 Å². The highest BCUT2D eigenvalue weighted by Gasteiger charge is 2.17. The molecule has 0 saturated heterocycles. The largest absolute Gasteiger partial charge is 0.463 e. The molecule has 5 heteroatoms. The number of rotatable bonds is 12. The lowest BCUT2D eigenvalue weighted by Gasteiger charge is -2.11. The lowest BCUT2D eigenvalue weighted by molar-refractivity contribution is -0.157. The Morgan fingerprint density at radius 2 is 1.55 bits per heavy atom. The number of nitrogens with one attached hydrogen (secondary N) is 1. The molecule has 0 aliphatic heterocycles. The molecule has 20 heavy (non-hydrogen) atoms. The Kier molecular flexibility index (Phi) is 12.2. The fraction of sp³-hybridized carbons (Fsp3) is 0.867. The minimum atomic E-state index is -1.54. The van der Waals surface area contributed by atoms with Gasteiger partial charge in [0.2, 0.25) is 12.1 Å². The number of amides is 1. The van der Waals surface area contributed by atoms with Crippen molar-refractivity contribution in [2.75, 3.05) is 6.61 Å². The van der Waals surface area contributed by atoms with E-state index in [0.29, 0.717) is 6.42 Å². The third-order valence-electron chi connectivity index (χ3n) is 3.06. The zero-order valence-corrected chi connectivity index (χ0v) is 12.8. The fourth-order valence-electron chi connectivity index (χ4n) is 1.92. The molecule has 0 aromatic heterocycles. The van der Waals surface area contributed by atoms with Crippen LogP contribution in [0.15, 0.2) is 0 Å². The molecule has 2 N–H and O–H groups in total. The second kappa shape index (κ2) is 12.9. The average molecular weight is 287 g/mol. The first kappa shape index (κ1) is 18.9. The molecule has 0 saturated carbocycles. The van der Waals surface area contributed by atoms with E-state index in [1.54, 1.807) is 6.92 Å². The van der Waals surface area contributed by atoms with Crippen molar-refractivity contribution in [3.8, 4) is 0 Å². The molecule has 0 radical (unpaired) electrons. The molecule has 0 aliphatic rings. The molecule has 118 valence electrons. The number of aliphatic hydroxyl groups excluding tert-OH is 1. The minimum absolute atomic E-state index is 0.184. The number of aliphatic hydroxyl groups is 1. The highest BCUT2D eigenvalue weighted by atomic mass is 16.5. The number of ether oxygens (including phenoxy) is 1. The van der Waals surface area contributed by atoms with Gasteiger partial charge in [-0.1, -0.05) is 51.9 Å². The average Bonchev–Trinajstić information content (AvgIpc) is 2.42. The lowest BCUT2D eigenvalue weighted by Crippen LogP contribution is -2.41. The quantitative estimate of drug-likeness (QED) is 0.328. The van der Waals surface area contributed by atoms with E-state index < -0.39 is 12.2 Å². The van der Waals surface area contributed by atoms with E-state index in [0.717, 1.165) is 19.3 Å². The van der Waals surface area contributed by atoms with Crippen molar-refractivity contribution < 1.29 is 19.4 Å². The molecule has 0 aromatic rings. The molecule has 0 heterocycles. The maximum Gasteiger partial charge on any atom is 0.356 e. The molecule has 0 fully saturated rings. The van der Waals surface area contributed by atoms with Crippen LogP contribution in [0.5, 0.6) is 0 Å².